The molecule has 1 aliphatic rings. The number of hydrogen-bond acceptors (Lipinski definition) is 4. The summed E-state index contributed by atoms with van der Waals surface area (Å²) in [5.74, 6) is -0.855. The van der Waals surface area contributed by atoms with Crippen molar-refractivity contribution in [2.75, 3.05) is 7.11 Å². The quantitative estimate of drug-likeness (QED) is 0.531. The van der Waals surface area contributed by atoms with Gasteiger partial charge in [0.15, 0.2) is 0 Å². The van der Waals surface area contributed by atoms with E-state index in [2.05, 4.69) is 11.7 Å². The predicted molar refractivity (Wildman–Crippen MR) is 58.7 cm³/mol. The lowest BCUT2D eigenvalue weighted by atomic mass is 10.0. The van der Waals surface area contributed by atoms with Gasteiger partial charge in [0.05, 0.1) is 12.7 Å². The molecule has 0 aliphatic carbocycles. The van der Waals surface area contributed by atoms with Gasteiger partial charge < -0.3 is 9.47 Å². The van der Waals surface area contributed by atoms with E-state index in [1.54, 1.807) is 6.92 Å². The number of carbonyl (C=O) groups excluding carboxylic acids is 2. The van der Waals surface area contributed by atoms with Gasteiger partial charge in [0, 0.05) is 5.57 Å². The molecular weight excluding hydrogens is 208 g/mol. The SMILES string of the molecule is CCCCCC1OC(=O)C(C)=C1C(=O)OC. The first kappa shape index (κ1) is 12.7. The Morgan fingerprint density at radius 2 is 2.12 bits per heavy atom. The molecule has 4 nitrogen and oxygen atoms in total. The minimum absolute atomic E-state index is 0.383. The van der Waals surface area contributed by atoms with E-state index in [9.17, 15) is 9.59 Å². The van der Waals surface area contributed by atoms with Crippen LogP contribution in [0.2, 0.25) is 0 Å². The summed E-state index contributed by atoms with van der Waals surface area (Å²) in [5, 5.41) is 0. The second-order valence-corrected chi connectivity index (χ2v) is 3.92. The molecule has 0 spiro atoms. The summed E-state index contributed by atoms with van der Waals surface area (Å²) in [6.07, 6.45) is 3.40. The van der Waals surface area contributed by atoms with Crippen LogP contribution in [0.3, 0.4) is 0 Å². The summed E-state index contributed by atoms with van der Waals surface area (Å²) in [6, 6.07) is 0. The van der Waals surface area contributed by atoms with Gasteiger partial charge in [-0.2, -0.15) is 0 Å². The molecule has 1 heterocycles. The molecule has 0 amide bonds. The maximum atomic E-state index is 11.5. The summed E-state index contributed by atoms with van der Waals surface area (Å²) in [5.41, 5.74) is 0.775. The molecule has 0 aromatic carbocycles. The number of cyclic esters (lactones) is 1. The van der Waals surface area contributed by atoms with Crippen LogP contribution >= 0.6 is 0 Å². The zero-order valence-corrected chi connectivity index (χ0v) is 10.0. The van der Waals surface area contributed by atoms with E-state index in [1.165, 1.54) is 7.11 Å². The van der Waals surface area contributed by atoms with Crippen LogP contribution in [0, 0.1) is 0 Å². The summed E-state index contributed by atoms with van der Waals surface area (Å²) >= 11 is 0. The summed E-state index contributed by atoms with van der Waals surface area (Å²) in [6.45, 7) is 3.71. The highest BCUT2D eigenvalue weighted by Gasteiger charge is 2.35. The molecule has 1 unspecified atom stereocenters. The smallest absolute Gasteiger partial charge is 0.338 e. The number of ether oxygens (including phenoxy) is 2. The van der Waals surface area contributed by atoms with Gasteiger partial charge in [-0.1, -0.05) is 19.8 Å². The number of hydrogen-bond donors (Lipinski definition) is 0. The predicted octanol–water partition coefficient (Wildman–Crippen LogP) is 1.98. The summed E-state index contributed by atoms with van der Waals surface area (Å²) < 4.78 is 9.80. The minimum atomic E-state index is -0.454. The largest absolute Gasteiger partial charge is 0.466 e. The molecule has 0 fully saturated rings. The topological polar surface area (TPSA) is 52.6 Å². The minimum Gasteiger partial charge on any atom is -0.466 e. The van der Waals surface area contributed by atoms with Gasteiger partial charge in [-0.3, -0.25) is 0 Å². The highest BCUT2D eigenvalue weighted by molar-refractivity contribution is 6.03. The molecule has 1 rings (SSSR count). The Hall–Kier alpha value is -1.32. The average molecular weight is 226 g/mol. The van der Waals surface area contributed by atoms with Crippen LogP contribution < -0.4 is 0 Å². The first-order valence-electron chi connectivity index (χ1n) is 5.61. The number of esters is 2. The Morgan fingerprint density at radius 1 is 1.44 bits per heavy atom. The lowest BCUT2D eigenvalue weighted by Gasteiger charge is -2.12. The third-order valence-corrected chi connectivity index (χ3v) is 2.76. The molecule has 0 N–H and O–H groups in total. The van der Waals surface area contributed by atoms with Crippen LogP contribution in [0.5, 0.6) is 0 Å². The Kier molecular flexibility index (Phi) is 4.52. The van der Waals surface area contributed by atoms with Gasteiger partial charge >= 0.3 is 11.9 Å². The van der Waals surface area contributed by atoms with Crippen LogP contribution in [0.4, 0.5) is 0 Å². The first-order chi connectivity index (χ1) is 7.61. The van der Waals surface area contributed by atoms with Crippen molar-refractivity contribution >= 4 is 11.9 Å². The number of unbranched alkanes of at least 4 members (excludes halogenated alkanes) is 2. The fraction of sp³-hybridized carbons (Fsp3) is 0.667. The second-order valence-electron chi connectivity index (χ2n) is 3.92. The molecule has 0 aromatic rings. The zero-order chi connectivity index (χ0) is 12.1. The van der Waals surface area contributed by atoms with Crippen molar-refractivity contribution in [1.29, 1.82) is 0 Å². The van der Waals surface area contributed by atoms with Crippen molar-refractivity contribution in [1.82, 2.24) is 0 Å². The van der Waals surface area contributed by atoms with Crippen molar-refractivity contribution in [3.63, 3.8) is 0 Å². The zero-order valence-electron chi connectivity index (χ0n) is 10.0. The molecule has 1 atom stereocenters. The van der Waals surface area contributed by atoms with Gasteiger partial charge in [-0.05, 0) is 19.8 Å². The number of rotatable bonds is 5. The van der Waals surface area contributed by atoms with Crippen molar-refractivity contribution in [2.24, 2.45) is 0 Å². The highest BCUT2D eigenvalue weighted by atomic mass is 16.6. The molecule has 4 heteroatoms. The van der Waals surface area contributed by atoms with E-state index in [0.717, 1.165) is 19.3 Å². The van der Waals surface area contributed by atoms with Gasteiger partial charge in [-0.25, -0.2) is 9.59 Å². The van der Waals surface area contributed by atoms with Crippen LogP contribution in [-0.4, -0.2) is 25.2 Å². The Balaban J connectivity index is 2.71. The molecule has 0 radical (unpaired) electrons. The molecule has 1 aliphatic heterocycles. The first-order valence-corrected chi connectivity index (χ1v) is 5.61. The van der Waals surface area contributed by atoms with Crippen LogP contribution in [0.1, 0.15) is 39.5 Å². The van der Waals surface area contributed by atoms with Crippen LogP contribution in [-0.2, 0) is 19.1 Å². The van der Waals surface area contributed by atoms with Gasteiger partial charge in [0.1, 0.15) is 6.10 Å². The molecule has 0 saturated carbocycles. The van der Waals surface area contributed by atoms with Crippen LogP contribution in [0.25, 0.3) is 0 Å². The molecule has 16 heavy (non-hydrogen) atoms. The maximum Gasteiger partial charge on any atom is 0.338 e. The maximum absolute atomic E-state index is 11.5. The lowest BCUT2D eigenvalue weighted by Crippen LogP contribution is -2.18. The van der Waals surface area contributed by atoms with E-state index in [-0.39, 0.29) is 0 Å². The standard InChI is InChI=1S/C12H18O4/c1-4-5-6-7-9-10(12(14)15-3)8(2)11(13)16-9/h9H,4-7H2,1-3H3. The molecular formula is C12H18O4. The highest BCUT2D eigenvalue weighted by Crippen LogP contribution is 2.27. The van der Waals surface area contributed by atoms with E-state index < -0.39 is 18.0 Å². The van der Waals surface area contributed by atoms with Gasteiger partial charge in [-0.15, -0.1) is 0 Å². The molecule has 0 aromatic heterocycles. The van der Waals surface area contributed by atoms with Crippen molar-refractivity contribution in [3.8, 4) is 0 Å². The third-order valence-electron chi connectivity index (χ3n) is 2.76. The molecule has 0 bridgehead atoms. The monoisotopic (exact) mass is 226 g/mol. The third kappa shape index (κ3) is 2.62. The Labute approximate surface area is 95.6 Å². The number of methoxy groups -OCH3 is 1. The van der Waals surface area contributed by atoms with E-state index >= 15 is 0 Å². The fourth-order valence-corrected chi connectivity index (χ4v) is 1.81. The summed E-state index contributed by atoms with van der Waals surface area (Å²) in [7, 11) is 1.31. The van der Waals surface area contributed by atoms with Gasteiger partial charge in [0.25, 0.3) is 0 Å². The second kappa shape index (κ2) is 5.68. The van der Waals surface area contributed by atoms with Gasteiger partial charge in [0.2, 0.25) is 0 Å². The number of carbonyl (C=O) groups is 2. The molecule has 90 valence electrons. The lowest BCUT2D eigenvalue weighted by molar-refractivity contribution is -0.141. The van der Waals surface area contributed by atoms with E-state index in [1.807, 2.05) is 0 Å². The Bertz CT molecular complexity index is 317. The van der Waals surface area contributed by atoms with E-state index in [4.69, 9.17) is 4.74 Å². The summed E-state index contributed by atoms with van der Waals surface area (Å²) in [4.78, 5) is 22.9. The van der Waals surface area contributed by atoms with Crippen molar-refractivity contribution in [3.05, 3.63) is 11.1 Å². The Morgan fingerprint density at radius 3 is 2.69 bits per heavy atom. The average Bonchev–Trinajstić information content (AvgIpc) is 2.55. The van der Waals surface area contributed by atoms with Crippen molar-refractivity contribution < 1.29 is 19.1 Å². The normalized spacial score (nSPS) is 19.9. The fourth-order valence-electron chi connectivity index (χ4n) is 1.81. The van der Waals surface area contributed by atoms with Crippen LogP contribution in [0.15, 0.2) is 11.1 Å². The molecule has 0 saturated heterocycles. The van der Waals surface area contributed by atoms with E-state index in [0.29, 0.717) is 17.6 Å². The van der Waals surface area contributed by atoms with Crippen molar-refractivity contribution in [2.45, 2.75) is 45.6 Å².